The highest BCUT2D eigenvalue weighted by Gasteiger charge is 2.16. The smallest absolute Gasteiger partial charge is 0.263 e. The van der Waals surface area contributed by atoms with Gasteiger partial charge in [-0.3, -0.25) is 4.72 Å². The first kappa shape index (κ1) is 12.2. The second-order valence-corrected chi connectivity index (χ2v) is 5.20. The highest BCUT2D eigenvalue weighted by molar-refractivity contribution is 7.92. The fraction of sp³-hybridized carbons (Fsp3) is 0.100. The van der Waals surface area contributed by atoms with Crippen molar-refractivity contribution in [1.29, 1.82) is 0 Å². The average Bonchev–Trinajstić information content (AvgIpc) is 2.74. The molecule has 1 aromatic heterocycles. The maximum atomic E-state index is 11.9. The van der Waals surface area contributed by atoms with Gasteiger partial charge >= 0.3 is 0 Å². The average molecular weight is 267 g/mol. The van der Waals surface area contributed by atoms with Crippen molar-refractivity contribution in [3.63, 3.8) is 0 Å². The highest BCUT2D eigenvalue weighted by Crippen LogP contribution is 2.19. The standard InChI is InChI=1S/C10H9N3O4S/c1-7-6-10(12-17-7)13-18(15,16)9-4-2-8(11-14)3-5-9/h2-6H,1H3,(H,12,13). The molecule has 0 aliphatic heterocycles. The van der Waals surface area contributed by atoms with E-state index in [0.29, 0.717) is 5.76 Å². The Kier molecular flexibility index (Phi) is 3.11. The van der Waals surface area contributed by atoms with Crippen molar-refractivity contribution >= 4 is 21.5 Å². The van der Waals surface area contributed by atoms with E-state index in [4.69, 9.17) is 4.52 Å². The Morgan fingerprint density at radius 1 is 1.28 bits per heavy atom. The van der Waals surface area contributed by atoms with Crippen LogP contribution < -0.4 is 4.72 Å². The topological polar surface area (TPSA) is 102 Å². The molecule has 0 saturated heterocycles. The van der Waals surface area contributed by atoms with Crippen molar-refractivity contribution in [1.82, 2.24) is 5.16 Å². The molecular formula is C10H9N3O4S. The zero-order valence-electron chi connectivity index (χ0n) is 9.32. The van der Waals surface area contributed by atoms with E-state index in [2.05, 4.69) is 15.1 Å². The molecule has 2 rings (SSSR count). The number of nitrogens with zero attached hydrogens (tertiary/aromatic N) is 2. The van der Waals surface area contributed by atoms with E-state index in [1.165, 1.54) is 30.3 Å². The molecule has 2 aromatic rings. The van der Waals surface area contributed by atoms with Crippen LogP contribution in [-0.4, -0.2) is 13.6 Å². The number of anilines is 1. The molecule has 0 spiro atoms. The van der Waals surface area contributed by atoms with Crippen molar-refractivity contribution in [2.24, 2.45) is 5.18 Å². The number of benzene rings is 1. The van der Waals surface area contributed by atoms with Crippen LogP contribution in [0.2, 0.25) is 0 Å². The molecule has 0 bridgehead atoms. The Hall–Kier alpha value is -2.22. The number of nitrogens with one attached hydrogen (secondary N) is 1. The van der Waals surface area contributed by atoms with Crippen LogP contribution in [0.3, 0.4) is 0 Å². The van der Waals surface area contributed by atoms with Gasteiger partial charge in [0.1, 0.15) is 11.4 Å². The van der Waals surface area contributed by atoms with E-state index < -0.39 is 10.0 Å². The molecule has 0 atom stereocenters. The summed E-state index contributed by atoms with van der Waals surface area (Å²) in [6.45, 7) is 1.65. The first-order chi connectivity index (χ1) is 8.51. The second-order valence-electron chi connectivity index (χ2n) is 3.51. The van der Waals surface area contributed by atoms with Crippen LogP contribution in [0.15, 0.2) is 44.9 Å². The van der Waals surface area contributed by atoms with Gasteiger partial charge in [0.05, 0.1) is 4.90 Å². The van der Waals surface area contributed by atoms with Gasteiger partial charge in [-0.05, 0) is 36.4 Å². The van der Waals surface area contributed by atoms with Crippen LogP contribution in [0.25, 0.3) is 0 Å². The lowest BCUT2D eigenvalue weighted by Crippen LogP contribution is -2.12. The normalized spacial score (nSPS) is 11.2. The number of hydrogen-bond acceptors (Lipinski definition) is 6. The van der Waals surface area contributed by atoms with Gasteiger partial charge in [-0.1, -0.05) is 5.16 Å². The van der Waals surface area contributed by atoms with Gasteiger partial charge in [-0.2, -0.15) is 0 Å². The van der Waals surface area contributed by atoms with Gasteiger partial charge in [0.25, 0.3) is 10.0 Å². The predicted molar refractivity (Wildman–Crippen MR) is 63.9 cm³/mol. The van der Waals surface area contributed by atoms with Gasteiger partial charge in [0.15, 0.2) is 5.82 Å². The van der Waals surface area contributed by atoms with Crippen LogP contribution in [0.5, 0.6) is 0 Å². The zero-order chi connectivity index (χ0) is 13.2. The van der Waals surface area contributed by atoms with E-state index in [9.17, 15) is 13.3 Å². The highest BCUT2D eigenvalue weighted by atomic mass is 32.2. The molecule has 0 unspecified atom stereocenters. The molecule has 0 aliphatic carbocycles. The van der Waals surface area contributed by atoms with Crippen LogP contribution in [0.1, 0.15) is 5.76 Å². The van der Waals surface area contributed by atoms with Crippen LogP contribution >= 0.6 is 0 Å². The molecule has 18 heavy (non-hydrogen) atoms. The van der Waals surface area contributed by atoms with Gasteiger partial charge in [0.2, 0.25) is 0 Å². The fourth-order valence-corrected chi connectivity index (χ4v) is 2.28. The van der Waals surface area contributed by atoms with E-state index in [1.54, 1.807) is 6.92 Å². The minimum absolute atomic E-state index is 0.00977. The lowest BCUT2D eigenvalue weighted by molar-refractivity contribution is 0.400. The molecule has 0 saturated carbocycles. The molecule has 0 amide bonds. The second kappa shape index (κ2) is 4.57. The van der Waals surface area contributed by atoms with Crippen LogP contribution in [0, 0.1) is 11.8 Å². The molecular weight excluding hydrogens is 258 g/mol. The summed E-state index contributed by atoms with van der Waals surface area (Å²) in [5.74, 6) is 0.596. The van der Waals surface area contributed by atoms with Crippen molar-refractivity contribution in [3.8, 4) is 0 Å². The molecule has 1 aromatic carbocycles. The number of nitroso groups, excluding NO2 is 1. The molecule has 0 fully saturated rings. The van der Waals surface area contributed by atoms with E-state index in [0.717, 1.165) is 0 Å². The summed E-state index contributed by atoms with van der Waals surface area (Å²) in [5.41, 5.74) is 0.159. The Balaban J connectivity index is 2.27. The van der Waals surface area contributed by atoms with Crippen LogP contribution in [-0.2, 0) is 10.0 Å². The van der Waals surface area contributed by atoms with Gasteiger partial charge in [-0.15, -0.1) is 4.91 Å². The Bertz CT molecular complexity index is 661. The summed E-state index contributed by atoms with van der Waals surface area (Å²) in [5, 5.41) is 6.21. The third-order valence-corrected chi connectivity index (χ3v) is 3.49. The third-order valence-electron chi connectivity index (χ3n) is 2.12. The molecule has 0 aliphatic rings. The summed E-state index contributed by atoms with van der Waals surface area (Å²) in [7, 11) is -3.74. The summed E-state index contributed by atoms with van der Waals surface area (Å²) < 4.78 is 30.8. The largest absolute Gasteiger partial charge is 0.360 e. The Morgan fingerprint density at radius 3 is 2.44 bits per heavy atom. The molecule has 0 radical (unpaired) electrons. The number of sulfonamides is 1. The number of hydrogen-bond donors (Lipinski definition) is 1. The van der Waals surface area contributed by atoms with E-state index >= 15 is 0 Å². The van der Waals surface area contributed by atoms with Crippen molar-refractivity contribution < 1.29 is 12.9 Å². The van der Waals surface area contributed by atoms with Gasteiger partial charge in [0, 0.05) is 6.07 Å². The molecule has 7 nitrogen and oxygen atoms in total. The van der Waals surface area contributed by atoms with E-state index in [1.807, 2.05) is 0 Å². The first-order valence-corrected chi connectivity index (χ1v) is 6.39. The van der Waals surface area contributed by atoms with Crippen LogP contribution in [0.4, 0.5) is 11.5 Å². The molecule has 8 heteroatoms. The first-order valence-electron chi connectivity index (χ1n) is 4.91. The lowest BCUT2D eigenvalue weighted by atomic mass is 10.3. The number of rotatable bonds is 4. The van der Waals surface area contributed by atoms with E-state index in [-0.39, 0.29) is 16.4 Å². The summed E-state index contributed by atoms with van der Waals surface area (Å²) in [4.78, 5) is 10.2. The van der Waals surface area contributed by atoms with Gasteiger partial charge in [-0.25, -0.2) is 8.42 Å². The number of aromatic nitrogens is 1. The lowest BCUT2D eigenvalue weighted by Gasteiger charge is -2.04. The maximum absolute atomic E-state index is 11.9. The summed E-state index contributed by atoms with van der Waals surface area (Å²) in [6, 6.07) is 6.65. The van der Waals surface area contributed by atoms with Crippen molar-refractivity contribution in [2.45, 2.75) is 11.8 Å². The molecule has 1 N–H and O–H groups in total. The van der Waals surface area contributed by atoms with Gasteiger partial charge < -0.3 is 4.52 Å². The minimum atomic E-state index is -3.74. The van der Waals surface area contributed by atoms with Crippen molar-refractivity contribution in [2.75, 3.05) is 4.72 Å². The number of aryl methyl sites for hydroxylation is 1. The summed E-state index contributed by atoms with van der Waals surface area (Å²) >= 11 is 0. The monoisotopic (exact) mass is 267 g/mol. The van der Waals surface area contributed by atoms with Crippen molar-refractivity contribution in [3.05, 3.63) is 41.0 Å². The summed E-state index contributed by atoms with van der Waals surface area (Å²) in [6.07, 6.45) is 0. The fourth-order valence-electron chi connectivity index (χ4n) is 1.30. The Labute approximate surface area is 103 Å². The maximum Gasteiger partial charge on any atom is 0.263 e. The molecule has 1 heterocycles. The predicted octanol–water partition coefficient (Wildman–Crippen LogP) is 2.18. The Morgan fingerprint density at radius 2 is 1.94 bits per heavy atom. The zero-order valence-corrected chi connectivity index (χ0v) is 10.1. The third kappa shape index (κ3) is 2.54. The molecule has 94 valence electrons. The minimum Gasteiger partial charge on any atom is -0.360 e. The SMILES string of the molecule is Cc1cc(NS(=O)(=O)c2ccc(N=O)cc2)no1. The quantitative estimate of drug-likeness (QED) is 0.855.